The van der Waals surface area contributed by atoms with Gasteiger partial charge in [0.25, 0.3) is 0 Å². The molecule has 0 N–H and O–H groups in total. The van der Waals surface area contributed by atoms with Crippen molar-refractivity contribution in [2.24, 2.45) is 0 Å². The van der Waals surface area contributed by atoms with E-state index in [9.17, 15) is 0 Å². The maximum Gasteiger partial charge on any atom is 0.0257 e. The summed E-state index contributed by atoms with van der Waals surface area (Å²) in [5.74, 6) is 0. The largest absolute Gasteiger partial charge is 0.0610 e. The molecule has 0 amide bonds. The van der Waals surface area contributed by atoms with Gasteiger partial charge in [0.2, 0.25) is 0 Å². The molecule has 0 aliphatic rings. The van der Waals surface area contributed by atoms with E-state index in [-0.39, 0.29) is 0 Å². The van der Waals surface area contributed by atoms with Crippen LogP contribution in [0.4, 0.5) is 0 Å². The van der Waals surface area contributed by atoms with E-state index in [2.05, 4.69) is 71.4 Å². The Balaban J connectivity index is 2.48. The van der Waals surface area contributed by atoms with Crippen LogP contribution >= 0.6 is 15.9 Å². The van der Waals surface area contributed by atoms with Crippen molar-refractivity contribution in [2.75, 3.05) is 0 Å². The molecule has 1 heteroatoms. The Kier molecular flexibility index (Phi) is 1.98. The molecule has 0 spiro atoms. The van der Waals surface area contributed by atoms with E-state index in [0.717, 1.165) is 0 Å². The van der Waals surface area contributed by atoms with Crippen molar-refractivity contribution < 1.29 is 0 Å². The minimum absolute atomic E-state index is 1.19. The predicted octanol–water partition coefficient (Wildman–Crippen LogP) is 5.65. The van der Waals surface area contributed by atoms with E-state index in [0.29, 0.717) is 0 Å². The van der Waals surface area contributed by atoms with E-state index in [1.807, 2.05) is 0 Å². The Hall–Kier alpha value is -1.60. The summed E-state index contributed by atoms with van der Waals surface area (Å²) in [6, 6.07) is 17.6. The Morgan fingerprint density at radius 1 is 0.778 bits per heavy atom. The van der Waals surface area contributed by atoms with Gasteiger partial charge in [0.1, 0.15) is 0 Å². The summed E-state index contributed by atoms with van der Waals surface area (Å²) in [6.45, 7) is 2.18. The molecule has 0 atom stereocenters. The molecule has 0 saturated heterocycles. The lowest BCUT2D eigenvalue weighted by atomic mass is 9.92. The lowest BCUT2D eigenvalue weighted by molar-refractivity contribution is 1.53. The molecular weight excluding hydrogens is 284 g/mol. The molecule has 18 heavy (non-hydrogen) atoms. The molecule has 0 unspecified atom stereocenters. The zero-order chi connectivity index (χ0) is 12.3. The first-order valence-corrected chi connectivity index (χ1v) is 6.87. The SMILES string of the molecule is Cc1cc(Br)c2ccc3cccc4ccc1c2c43. The number of aryl methyl sites for hydroxylation is 1. The fraction of sp³-hybridized carbons (Fsp3) is 0.0588. The van der Waals surface area contributed by atoms with Crippen LogP contribution in [0.5, 0.6) is 0 Å². The quantitative estimate of drug-likeness (QED) is 0.367. The third kappa shape index (κ3) is 1.20. The maximum absolute atomic E-state index is 3.69. The Morgan fingerprint density at radius 2 is 1.44 bits per heavy atom. The molecule has 0 radical (unpaired) electrons. The monoisotopic (exact) mass is 294 g/mol. The zero-order valence-corrected chi connectivity index (χ0v) is 11.6. The van der Waals surface area contributed by atoms with Crippen LogP contribution in [0, 0.1) is 6.92 Å². The summed E-state index contributed by atoms with van der Waals surface area (Å²) in [5, 5.41) is 8.08. The Morgan fingerprint density at radius 3 is 2.17 bits per heavy atom. The van der Waals surface area contributed by atoms with Crippen LogP contribution in [0.1, 0.15) is 5.56 Å². The highest BCUT2D eigenvalue weighted by Crippen LogP contribution is 2.38. The normalized spacial score (nSPS) is 11.9. The zero-order valence-electron chi connectivity index (χ0n) is 10.00. The van der Waals surface area contributed by atoms with E-state index < -0.39 is 0 Å². The van der Waals surface area contributed by atoms with Crippen molar-refractivity contribution >= 4 is 48.2 Å². The number of hydrogen-bond donors (Lipinski definition) is 0. The summed E-state index contributed by atoms with van der Waals surface area (Å²) >= 11 is 3.69. The first-order valence-electron chi connectivity index (χ1n) is 6.08. The van der Waals surface area contributed by atoms with Crippen LogP contribution in [0.2, 0.25) is 0 Å². The molecule has 0 fully saturated rings. The van der Waals surface area contributed by atoms with Crippen molar-refractivity contribution in [3.05, 3.63) is 58.6 Å². The second-order valence-electron chi connectivity index (χ2n) is 4.86. The highest BCUT2D eigenvalue weighted by atomic mass is 79.9. The molecule has 4 aromatic rings. The number of rotatable bonds is 0. The van der Waals surface area contributed by atoms with Crippen LogP contribution in [0.3, 0.4) is 0 Å². The van der Waals surface area contributed by atoms with Gasteiger partial charge in [-0.25, -0.2) is 0 Å². The van der Waals surface area contributed by atoms with Crippen LogP contribution in [0.15, 0.2) is 53.0 Å². The number of benzene rings is 4. The minimum atomic E-state index is 1.19. The Bertz CT molecular complexity index is 823. The number of halogens is 1. The molecule has 4 rings (SSSR count). The second-order valence-corrected chi connectivity index (χ2v) is 5.71. The van der Waals surface area contributed by atoms with Crippen molar-refractivity contribution in [1.82, 2.24) is 0 Å². The summed E-state index contributed by atoms with van der Waals surface area (Å²) in [7, 11) is 0. The van der Waals surface area contributed by atoms with Crippen molar-refractivity contribution in [3.8, 4) is 0 Å². The standard InChI is InChI=1S/C17H11Br/c1-10-9-15(18)14-8-6-12-4-2-3-11-5-7-13(10)17(14)16(11)12/h2-9H,1H3. The van der Waals surface area contributed by atoms with Gasteiger partial charge in [0, 0.05) is 4.47 Å². The molecule has 0 saturated carbocycles. The summed E-state index contributed by atoms with van der Waals surface area (Å²) in [4.78, 5) is 0. The maximum atomic E-state index is 3.69. The molecular formula is C17H11Br. The third-order valence-electron chi connectivity index (χ3n) is 3.80. The number of hydrogen-bond acceptors (Lipinski definition) is 0. The van der Waals surface area contributed by atoms with Crippen molar-refractivity contribution in [3.63, 3.8) is 0 Å². The van der Waals surface area contributed by atoms with Gasteiger partial charge in [0.05, 0.1) is 0 Å². The summed E-state index contributed by atoms with van der Waals surface area (Å²) in [6.07, 6.45) is 0. The molecule has 0 nitrogen and oxygen atoms in total. The van der Waals surface area contributed by atoms with Crippen molar-refractivity contribution in [2.45, 2.75) is 6.92 Å². The minimum Gasteiger partial charge on any atom is -0.0610 e. The average Bonchev–Trinajstić information content (AvgIpc) is 2.38. The lowest BCUT2D eigenvalue weighted by Gasteiger charge is -2.13. The van der Waals surface area contributed by atoms with Crippen molar-refractivity contribution in [1.29, 1.82) is 0 Å². The highest BCUT2D eigenvalue weighted by Gasteiger charge is 2.11. The van der Waals surface area contributed by atoms with E-state index in [1.165, 1.54) is 42.4 Å². The van der Waals surface area contributed by atoms with Gasteiger partial charge >= 0.3 is 0 Å². The molecule has 0 heterocycles. The van der Waals surface area contributed by atoms with Crippen LogP contribution < -0.4 is 0 Å². The van der Waals surface area contributed by atoms with Gasteiger partial charge in [-0.1, -0.05) is 58.4 Å². The van der Waals surface area contributed by atoms with E-state index >= 15 is 0 Å². The Labute approximate surface area is 114 Å². The van der Waals surface area contributed by atoms with Crippen LogP contribution in [-0.4, -0.2) is 0 Å². The van der Waals surface area contributed by atoms with Gasteiger partial charge < -0.3 is 0 Å². The fourth-order valence-electron chi connectivity index (χ4n) is 2.96. The van der Waals surface area contributed by atoms with Gasteiger partial charge in [-0.15, -0.1) is 0 Å². The molecule has 0 aliphatic heterocycles. The molecule has 0 aliphatic carbocycles. The topological polar surface area (TPSA) is 0 Å². The van der Waals surface area contributed by atoms with Gasteiger partial charge in [-0.2, -0.15) is 0 Å². The van der Waals surface area contributed by atoms with E-state index in [1.54, 1.807) is 0 Å². The first-order chi connectivity index (χ1) is 8.75. The highest BCUT2D eigenvalue weighted by molar-refractivity contribution is 9.10. The molecule has 4 aromatic carbocycles. The van der Waals surface area contributed by atoms with Gasteiger partial charge in [-0.3, -0.25) is 0 Å². The lowest BCUT2D eigenvalue weighted by Crippen LogP contribution is -1.87. The van der Waals surface area contributed by atoms with Gasteiger partial charge in [-0.05, 0) is 50.9 Å². The summed E-state index contributed by atoms with van der Waals surface area (Å²) in [5.41, 5.74) is 1.33. The smallest absolute Gasteiger partial charge is 0.0257 e. The summed E-state index contributed by atoms with van der Waals surface area (Å²) < 4.78 is 1.19. The average molecular weight is 295 g/mol. The second kappa shape index (κ2) is 3.46. The molecule has 86 valence electrons. The van der Waals surface area contributed by atoms with E-state index in [4.69, 9.17) is 0 Å². The van der Waals surface area contributed by atoms with Gasteiger partial charge in [0.15, 0.2) is 0 Å². The molecule has 0 aromatic heterocycles. The fourth-order valence-corrected chi connectivity index (χ4v) is 3.63. The predicted molar refractivity (Wildman–Crippen MR) is 82.6 cm³/mol. The van der Waals surface area contributed by atoms with Crippen LogP contribution in [-0.2, 0) is 0 Å². The van der Waals surface area contributed by atoms with Crippen LogP contribution in [0.25, 0.3) is 32.3 Å². The molecule has 0 bridgehead atoms. The first kappa shape index (κ1) is 10.3. The third-order valence-corrected chi connectivity index (χ3v) is 4.46.